The summed E-state index contributed by atoms with van der Waals surface area (Å²) < 4.78 is 5.36. The highest BCUT2D eigenvalue weighted by atomic mass is 16.5. The average molecular weight is 263 g/mol. The molecular formula is C16H25NO2. The van der Waals surface area contributed by atoms with Crippen LogP contribution in [0.1, 0.15) is 37.5 Å². The molecule has 3 unspecified atom stereocenters. The smallest absolute Gasteiger partial charge is 0.124 e. The van der Waals surface area contributed by atoms with Crippen LogP contribution in [0.25, 0.3) is 0 Å². The molecule has 0 radical (unpaired) electrons. The number of ether oxygens (including phenoxy) is 1. The Bertz CT molecular complexity index is 433. The van der Waals surface area contributed by atoms with Gasteiger partial charge in [0, 0.05) is 24.7 Å². The van der Waals surface area contributed by atoms with E-state index in [1.165, 1.54) is 6.42 Å². The molecule has 0 bridgehead atoms. The molecule has 1 heterocycles. The van der Waals surface area contributed by atoms with E-state index in [-0.39, 0.29) is 0 Å². The van der Waals surface area contributed by atoms with Crippen molar-refractivity contribution in [2.24, 2.45) is 5.92 Å². The molecule has 0 aliphatic carbocycles. The van der Waals surface area contributed by atoms with E-state index in [0.717, 1.165) is 29.3 Å². The summed E-state index contributed by atoms with van der Waals surface area (Å²) in [6.07, 6.45) is 0.736. The van der Waals surface area contributed by atoms with E-state index in [9.17, 15) is 5.11 Å². The van der Waals surface area contributed by atoms with E-state index in [4.69, 9.17) is 4.74 Å². The molecule has 2 rings (SSSR count). The summed E-state index contributed by atoms with van der Waals surface area (Å²) in [6, 6.07) is 6.52. The van der Waals surface area contributed by atoms with E-state index < -0.39 is 6.10 Å². The third kappa shape index (κ3) is 3.28. The van der Waals surface area contributed by atoms with Crippen LogP contribution in [-0.4, -0.2) is 36.2 Å². The standard InChI is InChI=1S/C16H25NO2/c1-11-5-6-16(19-4)14(8-11)15(18)10-17-9-12(2)7-13(17)3/h5-6,8,12-13,15,18H,7,9-10H2,1-4H3. The Balaban J connectivity index is 2.11. The van der Waals surface area contributed by atoms with Gasteiger partial charge in [-0.05, 0) is 38.3 Å². The molecule has 19 heavy (non-hydrogen) atoms. The van der Waals surface area contributed by atoms with Gasteiger partial charge in [-0.3, -0.25) is 4.90 Å². The number of nitrogens with zero attached hydrogens (tertiary/aromatic N) is 1. The fraction of sp³-hybridized carbons (Fsp3) is 0.625. The third-order valence-corrected chi connectivity index (χ3v) is 4.06. The van der Waals surface area contributed by atoms with Gasteiger partial charge in [-0.25, -0.2) is 0 Å². The van der Waals surface area contributed by atoms with E-state index in [1.54, 1.807) is 7.11 Å². The third-order valence-electron chi connectivity index (χ3n) is 4.06. The van der Waals surface area contributed by atoms with Crippen molar-refractivity contribution in [3.63, 3.8) is 0 Å². The molecule has 0 saturated carbocycles. The lowest BCUT2D eigenvalue weighted by atomic mass is 10.0. The first kappa shape index (κ1) is 14.4. The van der Waals surface area contributed by atoms with Crippen molar-refractivity contribution in [1.29, 1.82) is 0 Å². The van der Waals surface area contributed by atoms with E-state index >= 15 is 0 Å². The Morgan fingerprint density at radius 3 is 2.74 bits per heavy atom. The molecule has 1 saturated heterocycles. The number of methoxy groups -OCH3 is 1. The van der Waals surface area contributed by atoms with Gasteiger partial charge in [-0.1, -0.05) is 18.6 Å². The summed E-state index contributed by atoms with van der Waals surface area (Å²) in [5, 5.41) is 10.5. The summed E-state index contributed by atoms with van der Waals surface area (Å²) >= 11 is 0. The number of hydrogen-bond donors (Lipinski definition) is 1. The lowest BCUT2D eigenvalue weighted by molar-refractivity contribution is 0.106. The van der Waals surface area contributed by atoms with Crippen LogP contribution in [0.3, 0.4) is 0 Å². The molecule has 0 amide bonds. The highest BCUT2D eigenvalue weighted by Crippen LogP contribution is 2.30. The molecule has 1 aromatic rings. The largest absolute Gasteiger partial charge is 0.496 e. The minimum absolute atomic E-state index is 0.484. The number of aliphatic hydroxyl groups is 1. The summed E-state index contributed by atoms with van der Waals surface area (Å²) in [4.78, 5) is 2.37. The van der Waals surface area contributed by atoms with Gasteiger partial charge in [-0.15, -0.1) is 0 Å². The van der Waals surface area contributed by atoms with E-state index in [1.807, 2.05) is 25.1 Å². The van der Waals surface area contributed by atoms with Crippen LogP contribution in [0.15, 0.2) is 18.2 Å². The second-order valence-electron chi connectivity index (χ2n) is 5.91. The topological polar surface area (TPSA) is 32.7 Å². The minimum atomic E-state index is -0.484. The first-order chi connectivity index (χ1) is 9.01. The highest BCUT2D eigenvalue weighted by Gasteiger charge is 2.28. The van der Waals surface area contributed by atoms with Crippen LogP contribution in [0.2, 0.25) is 0 Å². The molecule has 1 aliphatic heterocycles. The normalized spacial score (nSPS) is 25.5. The Morgan fingerprint density at radius 1 is 1.42 bits per heavy atom. The average Bonchev–Trinajstić information content (AvgIpc) is 2.67. The van der Waals surface area contributed by atoms with Crippen molar-refractivity contribution in [3.05, 3.63) is 29.3 Å². The number of rotatable bonds is 4. The zero-order chi connectivity index (χ0) is 14.0. The maximum Gasteiger partial charge on any atom is 0.124 e. The van der Waals surface area contributed by atoms with Crippen molar-refractivity contribution in [1.82, 2.24) is 4.90 Å². The Hall–Kier alpha value is -1.06. The first-order valence-corrected chi connectivity index (χ1v) is 7.08. The SMILES string of the molecule is COc1ccc(C)cc1C(O)CN1CC(C)CC1C. The van der Waals surface area contributed by atoms with Crippen LogP contribution >= 0.6 is 0 Å². The second-order valence-corrected chi connectivity index (χ2v) is 5.91. The van der Waals surface area contributed by atoms with Crippen LogP contribution in [0.4, 0.5) is 0 Å². The monoisotopic (exact) mass is 263 g/mol. The predicted molar refractivity (Wildman–Crippen MR) is 77.5 cm³/mol. The fourth-order valence-electron chi connectivity index (χ4n) is 3.08. The fourth-order valence-corrected chi connectivity index (χ4v) is 3.08. The minimum Gasteiger partial charge on any atom is -0.496 e. The molecular weight excluding hydrogens is 238 g/mol. The van der Waals surface area contributed by atoms with Gasteiger partial charge in [0.15, 0.2) is 0 Å². The summed E-state index contributed by atoms with van der Waals surface area (Å²) in [5.74, 6) is 1.50. The molecule has 3 nitrogen and oxygen atoms in total. The highest BCUT2D eigenvalue weighted by molar-refractivity contribution is 5.38. The molecule has 1 aromatic carbocycles. The number of likely N-dealkylation sites (tertiary alicyclic amines) is 1. The molecule has 3 heteroatoms. The van der Waals surface area contributed by atoms with Crippen LogP contribution < -0.4 is 4.74 Å². The van der Waals surface area contributed by atoms with E-state index in [2.05, 4.69) is 18.7 Å². The summed E-state index contributed by atoms with van der Waals surface area (Å²) in [5.41, 5.74) is 2.05. The van der Waals surface area contributed by atoms with Crippen molar-refractivity contribution >= 4 is 0 Å². The van der Waals surface area contributed by atoms with Crippen molar-refractivity contribution in [2.45, 2.75) is 39.3 Å². The predicted octanol–water partition coefficient (Wildman–Crippen LogP) is 2.77. The van der Waals surface area contributed by atoms with Gasteiger partial charge in [0.25, 0.3) is 0 Å². The first-order valence-electron chi connectivity index (χ1n) is 7.08. The van der Waals surface area contributed by atoms with Gasteiger partial charge in [-0.2, -0.15) is 0 Å². The molecule has 106 valence electrons. The Labute approximate surface area is 116 Å². The van der Waals surface area contributed by atoms with Crippen LogP contribution in [-0.2, 0) is 0 Å². The van der Waals surface area contributed by atoms with Gasteiger partial charge in [0.1, 0.15) is 5.75 Å². The molecule has 1 fully saturated rings. The van der Waals surface area contributed by atoms with Crippen LogP contribution in [0.5, 0.6) is 5.75 Å². The maximum absolute atomic E-state index is 10.5. The Morgan fingerprint density at radius 2 is 2.16 bits per heavy atom. The number of aryl methyl sites for hydroxylation is 1. The van der Waals surface area contributed by atoms with Gasteiger partial charge in [0.2, 0.25) is 0 Å². The zero-order valence-electron chi connectivity index (χ0n) is 12.4. The van der Waals surface area contributed by atoms with Gasteiger partial charge >= 0.3 is 0 Å². The zero-order valence-corrected chi connectivity index (χ0v) is 12.4. The lowest BCUT2D eigenvalue weighted by Crippen LogP contribution is -2.31. The van der Waals surface area contributed by atoms with Crippen molar-refractivity contribution < 1.29 is 9.84 Å². The summed E-state index contributed by atoms with van der Waals surface area (Å²) in [7, 11) is 1.65. The number of hydrogen-bond acceptors (Lipinski definition) is 3. The van der Waals surface area contributed by atoms with Crippen molar-refractivity contribution in [2.75, 3.05) is 20.2 Å². The Kier molecular flexibility index (Phi) is 4.48. The second kappa shape index (κ2) is 5.93. The van der Waals surface area contributed by atoms with E-state index in [0.29, 0.717) is 12.6 Å². The summed E-state index contributed by atoms with van der Waals surface area (Å²) in [6.45, 7) is 8.31. The van der Waals surface area contributed by atoms with Gasteiger partial charge in [0.05, 0.1) is 13.2 Å². The molecule has 0 spiro atoms. The molecule has 3 atom stereocenters. The van der Waals surface area contributed by atoms with Crippen LogP contribution in [0, 0.1) is 12.8 Å². The molecule has 0 aromatic heterocycles. The maximum atomic E-state index is 10.5. The number of benzene rings is 1. The molecule has 1 N–H and O–H groups in total. The number of β-amino-alcohol motifs (C(OH)–C–C–N with tert-alkyl or cyclic N) is 1. The van der Waals surface area contributed by atoms with Gasteiger partial charge < -0.3 is 9.84 Å². The van der Waals surface area contributed by atoms with Crippen molar-refractivity contribution in [3.8, 4) is 5.75 Å². The quantitative estimate of drug-likeness (QED) is 0.906. The number of aliphatic hydroxyl groups excluding tert-OH is 1. The molecule has 1 aliphatic rings. The lowest BCUT2D eigenvalue weighted by Gasteiger charge is -2.25.